The third-order valence-corrected chi connectivity index (χ3v) is 2.61. The molecule has 1 aliphatic heterocycles. The van der Waals surface area contributed by atoms with Crippen molar-refractivity contribution >= 4 is 23.0 Å². The Morgan fingerprint density at radius 3 is 2.92 bits per heavy atom. The molecule has 1 aliphatic rings. The molecule has 0 radical (unpaired) electrons. The van der Waals surface area contributed by atoms with Crippen molar-refractivity contribution in [1.29, 1.82) is 0 Å². The van der Waals surface area contributed by atoms with Crippen LogP contribution in [0.2, 0.25) is 5.02 Å². The second kappa shape index (κ2) is 2.60. The van der Waals surface area contributed by atoms with Crippen LogP contribution in [0.5, 0.6) is 0 Å². The van der Waals surface area contributed by atoms with Crippen molar-refractivity contribution in [2.24, 2.45) is 4.99 Å². The average molecular weight is 180 g/mol. The van der Waals surface area contributed by atoms with Crippen molar-refractivity contribution in [3.63, 3.8) is 0 Å². The molecular weight excluding hydrogens is 170 g/mol. The summed E-state index contributed by atoms with van der Waals surface area (Å²) in [5, 5.41) is 0.797. The minimum absolute atomic E-state index is 0.429. The molecule has 62 valence electrons. The Hall–Kier alpha value is -0.820. The quantitative estimate of drug-likeness (QED) is 0.578. The fourth-order valence-corrected chi connectivity index (χ4v) is 1.67. The van der Waals surface area contributed by atoms with Crippen molar-refractivity contribution in [2.75, 3.05) is 0 Å². The zero-order valence-electron chi connectivity index (χ0n) is 7.13. The predicted molar refractivity (Wildman–Crippen MR) is 52.6 cm³/mol. The Morgan fingerprint density at radius 2 is 2.17 bits per heavy atom. The van der Waals surface area contributed by atoms with Crippen molar-refractivity contribution in [3.8, 4) is 0 Å². The maximum Gasteiger partial charge on any atom is 0.0668 e. The molecule has 1 unspecified atom stereocenters. The van der Waals surface area contributed by atoms with Crippen molar-refractivity contribution in [2.45, 2.75) is 19.8 Å². The summed E-state index contributed by atoms with van der Waals surface area (Å²) in [4.78, 5) is 4.43. The van der Waals surface area contributed by atoms with Crippen LogP contribution in [0.4, 0.5) is 5.69 Å². The van der Waals surface area contributed by atoms with Gasteiger partial charge in [-0.3, -0.25) is 4.99 Å². The highest BCUT2D eigenvalue weighted by atomic mass is 35.5. The molecule has 0 N–H and O–H groups in total. The van der Waals surface area contributed by atoms with Crippen LogP contribution in [0.25, 0.3) is 0 Å². The lowest BCUT2D eigenvalue weighted by Gasteiger charge is -2.04. The maximum absolute atomic E-state index is 5.89. The van der Waals surface area contributed by atoms with Crippen LogP contribution < -0.4 is 0 Å². The number of rotatable bonds is 0. The van der Waals surface area contributed by atoms with Gasteiger partial charge >= 0.3 is 0 Å². The Balaban J connectivity index is 2.57. The number of nitrogens with zero attached hydrogens (tertiary/aromatic N) is 1. The molecule has 1 heterocycles. The van der Waals surface area contributed by atoms with Crippen molar-refractivity contribution in [1.82, 2.24) is 0 Å². The molecule has 0 saturated carbocycles. The van der Waals surface area contributed by atoms with Gasteiger partial charge in [-0.15, -0.1) is 0 Å². The van der Waals surface area contributed by atoms with Gasteiger partial charge in [0.1, 0.15) is 0 Å². The first-order valence-electron chi connectivity index (χ1n) is 4.03. The van der Waals surface area contributed by atoms with E-state index in [1.54, 1.807) is 0 Å². The molecule has 0 saturated heterocycles. The average Bonchev–Trinajstić information content (AvgIpc) is 2.31. The largest absolute Gasteiger partial charge is 0.257 e. The molecule has 0 spiro atoms. The molecule has 0 aliphatic carbocycles. The Kier molecular flexibility index (Phi) is 1.69. The lowest BCUT2D eigenvalue weighted by Crippen LogP contribution is -1.97. The Labute approximate surface area is 77.1 Å². The molecule has 2 rings (SSSR count). The third-order valence-electron chi connectivity index (χ3n) is 2.38. The first-order chi connectivity index (χ1) is 5.68. The lowest BCUT2D eigenvalue weighted by atomic mass is 9.99. The van der Waals surface area contributed by atoms with Crippen LogP contribution in [0.1, 0.15) is 25.3 Å². The van der Waals surface area contributed by atoms with E-state index in [1.165, 1.54) is 11.3 Å². The van der Waals surface area contributed by atoms with E-state index in [0.29, 0.717) is 5.92 Å². The number of hydrogen-bond acceptors (Lipinski definition) is 1. The van der Waals surface area contributed by atoms with E-state index in [1.807, 2.05) is 18.2 Å². The summed E-state index contributed by atoms with van der Waals surface area (Å²) >= 11 is 5.89. The number of hydrogen-bond donors (Lipinski definition) is 0. The molecule has 1 aromatic rings. The number of halogens is 1. The molecule has 1 aromatic carbocycles. The van der Waals surface area contributed by atoms with Crippen molar-refractivity contribution < 1.29 is 0 Å². The summed E-state index contributed by atoms with van der Waals surface area (Å²) in [5.74, 6) is 0.429. The van der Waals surface area contributed by atoms with Gasteiger partial charge < -0.3 is 0 Å². The lowest BCUT2D eigenvalue weighted by molar-refractivity contribution is 1.05. The molecule has 2 heteroatoms. The first kappa shape index (κ1) is 7.81. The summed E-state index contributed by atoms with van der Waals surface area (Å²) < 4.78 is 0. The van der Waals surface area contributed by atoms with Gasteiger partial charge in [-0.1, -0.05) is 18.5 Å². The second-order valence-corrected chi connectivity index (χ2v) is 3.61. The highest BCUT2D eigenvalue weighted by Gasteiger charge is 2.19. The molecule has 0 bridgehead atoms. The molecule has 1 nitrogen and oxygen atoms in total. The highest BCUT2D eigenvalue weighted by molar-refractivity contribution is 6.30. The van der Waals surface area contributed by atoms with E-state index in [4.69, 9.17) is 11.6 Å². The van der Waals surface area contributed by atoms with Crippen LogP contribution in [0.3, 0.4) is 0 Å². The minimum atomic E-state index is 0.429. The van der Waals surface area contributed by atoms with E-state index < -0.39 is 0 Å². The summed E-state index contributed by atoms with van der Waals surface area (Å²) in [6.07, 6.45) is 0. The van der Waals surface area contributed by atoms with E-state index in [9.17, 15) is 0 Å². The van der Waals surface area contributed by atoms with Gasteiger partial charge in [0.15, 0.2) is 0 Å². The normalized spacial score (nSPS) is 20.6. The zero-order valence-corrected chi connectivity index (χ0v) is 7.89. The standard InChI is InChI=1S/C10H10ClN/c1-6-7(2)12-10-4-3-8(11)5-9(6)10/h3-6H,1-2H3. The summed E-state index contributed by atoms with van der Waals surface area (Å²) in [6.45, 7) is 4.21. The predicted octanol–water partition coefficient (Wildman–Crippen LogP) is 3.55. The number of benzene rings is 1. The Morgan fingerprint density at radius 1 is 1.42 bits per heavy atom. The summed E-state index contributed by atoms with van der Waals surface area (Å²) in [7, 11) is 0. The fraction of sp³-hybridized carbons (Fsp3) is 0.300. The highest BCUT2D eigenvalue weighted by Crippen LogP contribution is 2.36. The van der Waals surface area contributed by atoms with Crippen molar-refractivity contribution in [3.05, 3.63) is 28.8 Å². The zero-order chi connectivity index (χ0) is 8.72. The molecule has 0 fully saturated rings. The topological polar surface area (TPSA) is 12.4 Å². The Bertz CT molecular complexity index is 355. The van der Waals surface area contributed by atoms with Gasteiger partial charge in [0.2, 0.25) is 0 Å². The van der Waals surface area contributed by atoms with Crippen LogP contribution in [-0.4, -0.2) is 5.71 Å². The second-order valence-electron chi connectivity index (χ2n) is 3.18. The first-order valence-corrected chi connectivity index (χ1v) is 4.41. The maximum atomic E-state index is 5.89. The van der Waals surface area contributed by atoms with E-state index in [2.05, 4.69) is 18.8 Å². The van der Waals surface area contributed by atoms with E-state index >= 15 is 0 Å². The molecule has 1 atom stereocenters. The van der Waals surface area contributed by atoms with Gasteiger partial charge in [0.25, 0.3) is 0 Å². The van der Waals surface area contributed by atoms with Gasteiger partial charge in [-0.05, 0) is 30.7 Å². The monoisotopic (exact) mass is 179 g/mol. The smallest absolute Gasteiger partial charge is 0.0668 e. The van der Waals surface area contributed by atoms with Gasteiger partial charge in [0, 0.05) is 16.7 Å². The molecular formula is C10H10ClN. The summed E-state index contributed by atoms with van der Waals surface area (Å²) in [5.41, 5.74) is 3.50. The van der Waals surface area contributed by atoms with Crippen LogP contribution in [-0.2, 0) is 0 Å². The minimum Gasteiger partial charge on any atom is -0.257 e. The van der Waals surface area contributed by atoms with E-state index in [0.717, 1.165) is 10.7 Å². The van der Waals surface area contributed by atoms with E-state index in [-0.39, 0.29) is 0 Å². The fourth-order valence-electron chi connectivity index (χ4n) is 1.49. The van der Waals surface area contributed by atoms with Gasteiger partial charge in [-0.25, -0.2) is 0 Å². The SMILES string of the molecule is CC1=Nc2ccc(Cl)cc2C1C. The van der Waals surface area contributed by atoms with Crippen LogP contribution in [0.15, 0.2) is 23.2 Å². The molecule has 12 heavy (non-hydrogen) atoms. The van der Waals surface area contributed by atoms with Crippen LogP contribution in [0, 0.1) is 0 Å². The van der Waals surface area contributed by atoms with Gasteiger partial charge in [0.05, 0.1) is 5.69 Å². The van der Waals surface area contributed by atoms with Gasteiger partial charge in [-0.2, -0.15) is 0 Å². The van der Waals surface area contributed by atoms with Crippen LogP contribution >= 0.6 is 11.6 Å². The number of aliphatic imine (C=N–C) groups is 1. The summed E-state index contributed by atoms with van der Waals surface area (Å²) in [6, 6.07) is 5.86. The molecule has 0 aromatic heterocycles. The third kappa shape index (κ3) is 1.05. The molecule has 0 amide bonds. The number of fused-ring (bicyclic) bond motifs is 1.